The lowest BCUT2D eigenvalue weighted by Crippen LogP contribution is -2.08. The maximum absolute atomic E-state index is 11.4. The van der Waals surface area contributed by atoms with Crippen molar-refractivity contribution in [3.63, 3.8) is 0 Å². The second kappa shape index (κ2) is 5.14. The van der Waals surface area contributed by atoms with Gasteiger partial charge in [-0.2, -0.15) is 0 Å². The van der Waals surface area contributed by atoms with Crippen molar-refractivity contribution < 1.29 is 9.53 Å². The number of carbonyl (C=O) groups excluding carboxylic acids is 1. The van der Waals surface area contributed by atoms with Crippen LogP contribution in [0.1, 0.15) is 17.4 Å². The summed E-state index contributed by atoms with van der Waals surface area (Å²) >= 11 is 0. The number of aromatic amines is 1. The van der Waals surface area contributed by atoms with E-state index in [9.17, 15) is 4.79 Å². The van der Waals surface area contributed by atoms with Crippen molar-refractivity contribution in [2.75, 3.05) is 20.7 Å². The Morgan fingerprint density at radius 2 is 2.47 bits per heavy atom. The Labute approximate surface area is 88.0 Å². The number of aromatic nitrogens is 2. The maximum Gasteiger partial charge on any atom is 0.358 e. The fraction of sp³-hybridized carbons (Fsp3) is 0.444. The number of H-pyrrole nitrogens is 1. The zero-order valence-electron chi connectivity index (χ0n) is 9.02. The number of carbonyl (C=O) groups is 1. The van der Waals surface area contributed by atoms with Crippen LogP contribution in [0.3, 0.4) is 0 Å². The van der Waals surface area contributed by atoms with Crippen molar-refractivity contribution in [3.8, 4) is 0 Å². The summed E-state index contributed by atoms with van der Waals surface area (Å²) in [7, 11) is 3.67. The van der Waals surface area contributed by atoms with Gasteiger partial charge in [-0.3, -0.25) is 0 Å². The largest absolute Gasteiger partial charge is 0.461 e. The summed E-state index contributed by atoms with van der Waals surface area (Å²) < 4.78 is 4.84. The first-order valence-electron chi connectivity index (χ1n) is 4.56. The van der Waals surface area contributed by atoms with Gasteiger partial charge in [-0.05, 0) is 6.92 Å². The molecule has 0 amide bonds. The van der Waals surface area contributed by atoms with Gasteiger partial charge in [0, 0.05) is 14.1 Å². The molecule has 1 heterocycles. The molecule has 0 saturated carbocycles. The van der Waals surface area contributed by atoms with Gasteiger partial charge in [-0.25, -0.2) is 14.8 Å². The third-order valence-electron chi connectivity index (χ3n) is 1.51. The van der Waals surface area contributed by atoms with Gasteiger partial charge in [0.2, 0.25) is 0 Å². The van der Waals surface area contributed by atoms with E-state index in [1.54, 1.807) is 18.2 Å². The first-order chi connectivity index (χ1) is 7.15. The van der Waals surface area contributed by atoms with Crippen molar-refractivity contribution in [1.29, 1.82) is 0 Å². The van der Waals surface area contributed by atoms with Crippen LogP contribution in [0.25, 0.3) is 0 Å². The van der Waals surface area contributed by atoms with Gasteiger partial charge in [0.1, 0.15) is 0 Å². The molecule has 0 aliphatic carbocycles. The van der Waals surface area contributed by atoms with Gasteiger partial charge < -0.3 is 14.6 Å². The summed E-state index contributed by atoms with van der Waals surface area (Å²) in [5.74, 6) is -0.108. The third-order valence-corrected chi connectivity index (χ3v) is 1.51. The number of hydrogen-bond acceptors (Lipinski definition) is 4. The molecule has 1 N–H and O–H groups in total. The molecule has 6 heteroatoms. The van der Waals surface area contributed by atoms with E-state index in [0.29, 0.717) is 12.4 Å². The average molecular weight is 210 g/mol. The average Bonchev–Trinajstić information content (AvgIpc) is 2.62. The van der Waals surface area contributed by atoms with E-state index < -0.39 is 5.97 Å². The minimum atomic E-state index is -0.444. The van der Waals surface area contributed by atoms with Crippen LogP contribution in [0.15, 0.2) is 11.3 Å². The SMILES string of the molecule is CCOC(=O)c1[nH]cnc1N=CN(C)C. The Morgan fingerprint density at radius 1 is 1.73 bits per heavy atom. The second-order valence-electron chi connectivity index (χ2n) is 3.03. The highest BCUT2D eigenvalue weighted by Crippen LogP contribution is 2.13. The molecule has 1 aromatic rings. The molecule has 0 aliphatic heterocycles. The molecule has 0 fully saturated rings. The summed E-state index contributed by atoms with van der Waals surface area (Å²) in [5, 5.41) is 0. The van der Waals surface area contributed by atoms with Crippen LogP contribution in [-0.2, 0) is 4.74 Å². The Kier molecular flexibility index (Phi) is 3.84. The van der Waals surface area contributed by atoms with Gasteiger partial charge in [0.05, 0.1) is 19.3 Å². The number of rotatable bonds is 4. The van der Waals surface area contributed by atoms with Gasteiger partial charge in [-0.15, -0.1) is 0 Å². The van der Waals surface area contributed by atoms with E-state index in [4.69, 9.17) is 4.74 Å². The topological polar surface area (TPSA) is 70.6 Å². The first-order valence-corrected chi connectivity index (χ1v) is 4.56. The lowest BCUT2D eigenvalue weighted by atomic mass is 10.4. The summed E-state index contributed by atoms with van der Waals surface area (Å²) in [6, 6.07) is 0. The van der Waals surface area contributed by atoms with Gasteiger partial charge in [0.15, 0.2) is 11.5 Å². The highest BCUT2D eigenvalue weighted by Gasteiger charge is 2.14. The van der Waals surface area contributed by atoms with E-state index in [1.165, 1.54) is 6.33 Å². The summed E-state index contributed by atoms with van der Waals surface area (Å²) in [5.41, 5.74) is 0.273. The van der Waals surface area contributed by atoms with Crippen LogP contribution in [0.2, 0.25) is 0 Å². The molecule has 0 aliphatic rings. The number of nitrogens with zero attached hydrogens (tertiary/aromatic N) is 3. The maximum atomic E-state index is 11.4. The fourth-order valence-electron chi connectivity index (χ4n) is 0.909. The normalized spacial score (nSPS) is 10.6. The summed E-state index contributed by atoms with van der Waals surface area (Å²) in [4.78, 5) is 23.8. The lowest BCUT2D eigenvalue weighted by molar-refractivity contribution is 0.0521. The standard InChI is InChI=1S/C9H14N4O2/c1-4-15-9(14)7-8(11-5-10-7)12-6-13(2)3/h5-6H,4H2,1-3H3,(H,10,11). The van der Waals surface area contributed by atoms with Crippen molar-refractivity contribution in [2.45, 2.75) is 6.92 Å². The van der Waals surface area contributed by atoms with Crippen LogP contribution in [0, 0.1) is 0 Å². The van der Waals surface area contributed by atoms with Gasteiger partial charge >= 0.3 is 5.97 Å². The molecule has 0 spiro atoms. The van der Waals surface area contributed by atoms with Crippen LogP contribution < -0.4 is 0 Å². The Bertz CT molecular complexity index is 357. The molecule has 1 rings (SSSR count). The molecular weight excluding hydrogens is 196 g/mol. The van der Waals surface area contributed by atoms with Crippen molar-refractivity contribution in [2.24, 2.45) is 4.99 Å². The lowest BCUT2D eigenvalue weighted by Gasteiger charge is -2.02. The molecule has 0 aromatic carbocycles. The number of ether oxygens (including phenoxy) is 1. The summed E-state index contributed by atoms with van der Waals surface area (Å²) in [6.45, 7) is 2.08. The first kappa shape index (κ1) is 11.2. The Morgan fingerprint density at radius 3 is 3.07 bits per heavy atom. The highest BCUT2D eigenvalue weighted by molar-refractivity contribution is 5.92. The van der Waals surface area contributed by atoms with Gasteiger partial charge in [-0.1, -0.05) is 0 Å². The van der Waals surface area contributed by atoms with Crippen molar-refractivity contribution in [1.82, 2.24) is 14.9 Å². The smallest absolute Gasteiger partial charge is 0.358 e. The molecule has 82 valence electrons. The molecule has 0 bridgehead atoms. The monoisotopic (exact) mass is 210 g/mol. The fourth-order valence-corrected chi connectivity index (χ4v) is 0.909. The summed E-state index contributed by atoms with van der Waals surface area (Å²) in [6.07, 6.45) is 2.98. The quantitative estimate of drug-likeness (QED) is 0.453. The number of hydrogen-bond donors (Lipinski definition) is 1. The minimum Gasteiger partial charge on any atom is -0.461 e. The van der Waals surface area contributed by atoms with Crippen LogP contribution in [-0.4, -0.2) is 47.9 Å². The van der Waals surface area contributed by atoms with Crippen molar-refractivity contribution >= 4 is 18.1 Å². The number of esters is 1. The molecule has 0 unspecified atom stereocenters. The predicted octanol–water partition coefficient (Wildman–Crippen LogP) is 0.808. The zero-order chi connectivity index (χ0) is 11.3. The molecule has 15 heavy (non-hydrogen) atoms. The Hall–Kier alpha value is -1.85. The van der Waals surface area contributed by atoms with E-state index >= 15 is 0 Å². The molecule has 0 atom stereocenters. The molecular formula is C9H14N4O2. The molecule has 6 nitrogen and oxygen atoms in total. The number of nitrogens with one attached hydrogen (secondary N) is 1. The van der Waals surface area contributed by atoms with E-state index in [0.717, 1.165) is 0 Å². The van der Waals surface area contributed by atoms with Gasteiger partial charge in [0.25, 0.3) is 0 Å². The van der Waals surface area contributed by atoms with Crippen molar-refractivity contribution in [3.05, 3.63) is 12.0 Å². The third kappa shape index (κ3) is 3.08. The van der Waals surface area contributed by atoms with E-state index in [-0.39, 0.29) is 5.69 Å². The van der Waals surface area contributed by atoms with Crippen LogP contribution in [0.5, 0.6) is 0 Å². The minimum absolute atomic E-state index is 0.273. The predicted molar refractivity (Wildman–Crippen MR) is 56.4 cm³/mol. The number of aliphatic imine (C=N–C) groups is 1. The molecule has 0 radical (unpaired) electrons. The van der Waals surface area contributed by atoms with E-state index in [2.05, 4.69) is 15.0 Å². The highest BCUT2D eigenvalue weighted by atomic mass is 16.5. The zero-order valence-corrected chi connectivity index (χ0v) is 9.02. The Balaban J connectivity index is 2.82. The second-order valence-corrected chi connectivity index (χ2v) is 3.03. The van der Waals surface area contributed by atoms with E-state index in [1.807, 2.05) is 14.1 Å². The van der Waals surface area contributed by atoms with Crippen LogP contribution >= 0.6 is 0 Å². The van der Waals surface area contributed by atoms with Crippen LogP contribution in [0.4, 0.5) is 5.82 Å². The molecule has 1 aromatic heterocycles. The molecule has 0 saturated heterocycles. The number of imidazole rings is 1.